The smallest absolute Gasteiger partial charge is 0.159 e. The highest BCUT2D eigenvalue weighted by atomic mass is 15.1. The molecule has 2 heterocycles. The van der Waals surface area contributed by atoms with Gasteiger partial charge < -0.3 is 9.47 Å². The summed E-state index contributed by atoms with van der Waals surface area (Å²) in [4.78, 5) is 11.1. The molecule has 0 N–H and O–H groups in total. The van der Waals surface area contributed by atoms with Crippen LogP contribution in [0, 0.1) is 0 Å². The third-order valence-electron chi connectivity index (χ3n) is 8.13. The number of anilines is 3. The lowest BCUT2D eigenvalue weighted by Crippen LogP contribution is -2.09. The highest BCUT2D eigenvalue weighted by Gasteiger charge is 2.14. The van der Waals surface area contributed by atoms with E-state index in [9.17, 15) is 0 Å². The molecule has 8 rings (SSSR count). The van der Waals surface area contributed by atoms with Gasteiger partial charge in [0.15, 0.2) is 5.82 Å². The largest absolute Gasteiger partial charge is 0.311 e. The van der Waals surface area contributed by atoms with Gasteiger partial charge in [-0.05, 0) is 90.0 Å². The van der Waals surface area contributed by atoms with Crippen LogP contribution in [0.5, 0.6) is 0 Å². The molecule has 8 aromatic rings. The molecule has 0 unspecified atom stereocenters. The Labute approximate surface area is 256 Å². The SMILES string of the molecule is c1ccc(N(c2ccc(-c3ccc(-n4c5ccccc5c5ccccc54)cc3)cc2)c2ccc(-c3ncccn3)cc2)cc1. The van der Waals surface area contributed by atoms with Gasteiger partial charge in [0.05, 0.1) is 11.0 Å². The Kier molecular flexibility index (Phi) is 6.43. The van der Waals surface area contributed by atoms with Crippen LogP contribution in [-0.4, -0.2) is 14.5 Å². The van der Waals surface area contributed by atoms with Crippen molar-refractivity contribution in [2.75, 3.05) is 4.90 Å². The van der Waals surface area contributed by atoms with Gasteiger partial charge in [0.2, 0.25) is 0 Å². The summed E-state index contributed by atoms with van der Waals surface area (Å²) in [5.41, 5.74) is 10.2. The van der Waals surface area contributed by atoms with Crippen molar-refractivity contribution in [3.05, 3.63) is 170 Å². The predicted molar refractivity (Wildman–Crippen MR) is 182 cm³/mol. The Hall–Kier alpha value is -6.00. The lowest BCUT2D eigenvalue weighted by atomic mass is 10.0. The first-order chi connectivity index (χ1) is 21.8. The molecule has 0 bridgehead atoms. The van der Waals surface area contributed by atoms with Crippen molar-refractivity contribution in [2.45, 2.75) is 0 Å². The number of para-hydroxylation sites is 3. The molecule has 0 saturated carbocycles. The summed E-state index contributed by atoms with van der Waals surface area (Å²) < 4.78 is 2.35. The Bertz CT molecular complexity index is 2130. The Balaban J connectivity index is 1.12. The molecular weight excluding hydrogens is 536 g/mol. The van der Waals surface area contributed by atoms with Gasteiger partial charge in [0.25, 0.3) is 0 Å². The van der Waals surface area contributed by atoms with Gasteiger partial charge in [-0.1, -0.05) is 78.9 Å². The van der Waals surface area contributed by atoms with Crippen molar-refractivity contribution in [1.29, 1.82) is 0 Å². The fourth-order valence-electron chi connectivity index (χ4n) is 6.04. The summed E-state index contributed by atoms with van der Waals surface area (Å²) in [5, 5.41) is 2.54. The van der Waals surface area contributed by atoms with Crippen LogP contribution in [0.4, 0.5) is 17.1 Å². The maximum Gasteiger partial charge on any atom is 0.159 e. The summed E-state index contributed by atoms with van der Waals surface area (Å²) in [6.45, 7) is 0. The fourth-order valence-corrected chi connectivity index (χ4v) is 6.04. The van der Waals surface area contributed by atoms with Crippen molar-refractivity contribution < 1.29 is 0 Å². The van der Waals surface area contributed by atoms with Crippen LogP contribution in [0.25, 0.3) is 50.0 Å². The topological polar surface area (TPSA) is 34.0 Å². The average molecular weight is 565 g/mol. The highest BCUT2D eigenvalue weighted by molar-refractivity contribution is 6.09. The van der Waals surface area contributed by atoms with Crippen LogP contribution < -0.4 is 4.90 Å². The lowest BCUT2D eigenvalue weighted by Gasteiger charge is -2.25. The molecule has 0 amide bonds. The first-order valence-corrected chi connectivity index (χ1v) is 14.8. The number of rotatable bonds is 6. The number of aromatic nitrogens is 3. The molecular formula is C40H28N4. The number of hydrogen-bond acceptors (Lipinski definition) is 3. The molecule has 2 aromatic heterocycles. The number of fused-ring (bicyclic) bond motifs is 3. The van der Waals surface area contributed by atoms with Crippen molar-refractivity contribution in [3.63, 3.8) is 0 Å². The summed E-state index contributed by atoms with van der Waals surface area (Å²) in [7, 11) is 0. The lowest BCUT2D eigenvalue weighted by molar-refractivity contribution is 1.17. The highest BCUT2D eigenvalue weighted by Crippen LogP contribution is 2.37. The normalized spacial score (nSPS) is 11.2. The molecule has 0 aliphatic heterocycles. The van der Waals surface area contributed by atoms with Crippen LogP contribution in [0.15, 0.2) is 170 Å². The van der Waals surface area contributed by atoms with Gasteiger partial charge in [-0.2, -0.15) is 0 Å². The first-order valence-electron chi connectivity index (χ1n) is 14.8. The molecule has 0 aliphatic rings. The maximum atomic E-state index is 4.40. The second kappa shape index (κ2) is 11.0. The molecule has 4 nitrogen and oxygen atoms in total. The maximum absolute atomic E-state index is 4.40. The summed E-state index contributed by atoms with van der Waals surface area (Å²) in [6.07, 6.45) is 3.54. The van der Waals surface area contributed by atoms with Gasteiger partial charge in [-0.3, -0.25) is 0 Å². The van der Waals surface area contributed by atoms with Crippen molar-refractivity contribution in [2.24, 2.45) is 0 Å². The molecule has 4 heteroatoms. The van der Waals surface area contributed by atoms with E-state index in [1.54, 1.807) is 12.4 Å². The zero-order valence-corrected chi connectivity index (χ0v) is 24.0. The molecule has 0 saturated heterocycles. The zero-order valence-electron chi connectivity index (χ0n) is 24.0. The van der Waals surface area contributed by atoms with Crippen LogP contribution in [0.3, 0.4) is 0 Å². The van der Waals surface area contributed by atoms with E-state index >= 15 is 0 Å². The fraction of sp³-hybridized carbons (Fsp3) is 0. The standard InChI is InChI=1S/C40H28N4/c1-2-9-32(10-3-1)43(34-25-19-31(20-26-34)40-41-27-8-28-42-40)33-21-15-29(16-22-33)30-17-23-35(24-18-30)44-38-13-6-4-11-36(38)37-12-5-7-14-39(37)44/h1-28H. The minimum Gasteiger partial charge on any atom is -0.311 e. The van der Waals surface area contributed by atoms with Crippen LogP contribution in [-0.2, 0) is 0 Å². The summed E-state index contributed by atoms with van der Waals surface area (Å²) in [5.74, 6) is 0.721. The Morgan fingerprint density at radius 3 is 1.41 bits per heavy atom. The molecule has 208 valence electrons. The van der Waals surface area contributed by atoms with E-state index in [-0.39, 0.29) is 0 Å². The molecule has 0 aliphatic carbocycles. The Morgan fingerprint density at radius 1 is 0.386 bits per heavy atom. The Morgan fingerprint density at radius 2 is 0.841 bits per heavy atom. The van der Waals surface area contributed by atoms with E-state index in [0.717, 1.165) is 34.1 Å². The van der Waals surface area contributed by atoms with E-state index < -0.39 is 0 Å². The van der Waals surface area contributed by atoms with E-state index in [1.807, 2.05) is 12.1 Å². The van der Waals surface area contributed by atoms with Gasteiger partial charge in [-0.15, -0.1) is 0 Å². The zero-order chi connectivity index (χ0) is 29.3. The monoisotopic (exact) mass is 564 g/mol. The van der Waals surface area contributed by atoms with E-state index in [1.165, 1.54) is 32.9 Å². The second-order valence-electron chi connectivity index (χ2n) is 10.8. The molecule has 6 aromatic carbocycles. The van der Waals surface area contributed by atoms with Gasteiger partial charge in [0.1, 0.15) is 0 Å². The number of benzene rings is 6. The van der Waals surface area contributed by atoms with Crippen molar-refractivity contribution in [3.8, 4) is 28.2 Å². The van der Waals surface area contributed by atoms with E-state index in [2.05, 4.69) is 165 Å². The third-order valence-corrected chi connectivity index (χ3v) is 8.13. The van der Waals surface area contributed by atoms with Crippen LogP contribution >= 0.6 is 0 Å². The van der Waals surface area contributed by atoms with Crippen LogP contribution in [0.1, 0.15) is 0 Å². The van der Waals surface area contributed by atoms with Gasteiger partial charge in [-0.25, -0.2) is 9.97 Å². The van der Waals surface area contributed by atoms with E-state index in [4.69, 9.17) is 0 Å². The summed E-state index contributed by atoms with van der Waals surface area (Å²) in [6, 6.07) is 55.6. The average Bonchev–Trinajstić information content (AvgIpc) is 3.44. The minimum atomic E-state index is 0.721. The molecule has 0 radical (unpaired) electrons. The van der Waals surface area contributed by atoms with Crippen LogP contribution in [0.2, 0.25) is 0 Å². The predicted octanol–water partition coefficient (Wildman–Crippen LogP) is 10.4. The number of hydrogen-bond donors (Lipinski definition) is 0. The van der Waals surface area contributed by atoms with Crippen molar-refractivity contribution in [1.82, 2.24) is 14.5 Å². The second-order valence-corrected chi connectivity index (χ2v) is 10.8. The van der Waals surface area contributed by atoms with Crippen molar-refractivity contribution >= 4 is 38.9 Å². The number of nitrogens with zero attached hydrogens (tertiary/aromatic N) is 4. The van der Waals surface area contributed by atoms with Gasteiger partial charge >= 0.3 is 0 Å². The third kappa shape index (κ3) is 4.59. The van der Waals surface area contributed by atoms with E-state index in [0.29, 0.717) is 0 Å². The first kappa shape index (κ1) is 25.7. The van der Waals surface area contributed by atoms with Gasteiger partial charge in [0, 0.05) is 51.5 Å². The minimum absolute atomic E-state index is 0.721. The molecule has 0 fully saturated rings. The molecule has 44 heavy (non-hydrogen) atoms. The molecule has 0 spiro atoms. The molecule has 0 atom stereocenters. The summed E-state index contributed by atoms with van der Waals surface area (Å²) >= 11 is 0. The quantitative estimate of drug-likeness (QED) is 0.201.